The maximum absolute atomic E-state index is 12.3. The Balaban J connectivity index is 1.94. The van der Waals surface area contributed by atoms with Crippen LogP contribution < -0.4 is 10.1 Å². The van der Waals surface area contributed by atoms with Gasteiger partial charge in [0.25, 0.3) is 5.91 Å². The van der Waals surface area contributed by atoms with Crippen LogP contribution in [0.2, 0.25) is 0 Å². The van der Waals surface area contributed by atoms with E-state index in [0.29, 0.717) is 17.2 Å². The molecule has 1 fully saturated rings. The molecule has 0 aliphatic heterocycles. The third-order valence-electron chi connectivity index (χ3n) is 4.74. The molecule has 24 heavy (non-hydrogen) atoms. The summed E-state index contributed by atoms with van der Waals surface area (Å²) in [7, 11) is 1.55. The minimum atomic E-state index is -0.820. The number of hydrogen-bond donors (Lipinski definition) is 1. The summed E-state index contributed by atoms with van der Waals surface area (Å²) >= 11 is 0. The molecule has 1 aliphatic carbocycles. The van der Waals surface area contributed by atoms with E-state index in [1.54, 1.807) is 32.2 Å². The molecular weight excluding hydrogens is 306 g/mol. The Kier molecular flexibility index (Phi) is 6.23. The van der Waals surface area contributed by atoms with E-state index in [4.69, 9.17) is 9.47 Å². The van der Waals surface area contributed by atoms with Crippen LogP contribution in [0.5, 0.6) is 5.75 Å². The first-order valence-corrected chi connectivity index (χ1v) is 8.58. The van der Waals surface area contributed by atoms with Crippen molar-refractivity contribution in [3.05, 3.63) is 29.3 Å². The van der Waals surface area contributed by atoms with Crippen LogP contribution in [0.25, 0.3) is 0 Å². The third-order valence-corrected chi connectivity index (χ3v) is 4.74. The zero-order chi connectivity index (χ0) is 17.7. The summed E-state index contributed by atoms with van der Waals surface area (Å²) in [6.45, 7) is 5.65. The van der Waals surface area contributed by atoms with Gasteiger partial charge in [-0.15, -0.1) is 0 Å². The lowest BCUT2D eigenvalue weighted by atomic mass is 9.86. The van der Waals surface area contributed by atoms with Gasteiger partial charge >= 0.3 is 5.97 Å². The molecule has 1 N–H and O–H groups in total. The van der Waals surface area contributed by atoms with Crippen molar-refractivity contribution in [3.63, 3.8) is 0 Å². The maximum Gasteiger partial charge on any atom is 0.339 e. The van der Waals surface area contributed by atoms with Crippen molar-refractivity contribution < 1.29 is 19.1 Å². The quantitative estimate of drug-likeness (QED) is 0.840. The summed E-state index contributed by atoms with van der Waals surface area (Å²) in [6.07, 6.45) is 3.64. The first-order valence-electron chi connectivity index (χ1n) is 8.58. The topological polar surface area (TPSA) is 64.6 Å². The van der Waals surface area contributed by atoms with Crippen LogP contribution in [-0.2, 0) is 9.53 Å². The highest BCUT2D eigenvalue weighted by atomic mass is 16.5. The fourth-order valence-electron chi connectivity index (χ4n) is 3.06. The Bertz CT molecular complexity index is 599. The second-order valence-corrected chi connectivity index (χ2v) is 6.61. The molecule has 0 radical (unpaired) electrons. The Morgan fingerprint density at radius 1 is 1.25 bits per heavy atom. The van der Waals surface area contributed by atoms with Crippen LogP contribution in [0.4, 0.5) is 0 Å². The number of amides is 1. The van der Waals surface area contributed by atoms with E-state index in [9.17, 15) is 9.59 Å². The number of hydrogen-bond acceptors (Lipinski definition) is 4. The summed E-state index contributed by atoms with van der Waals surface area (Å²) < 4.78 is 10.5. The smallest absolute Gasteiger partial charge is 0.339 e. The minimum Gasteiger partial charge on any atom is -0.496 e. The number of ether oxygens (including phenoxy) is 2. The molecule has 0 bridgehead atoms. The number of benzene rings is 1. The SMILES string of the molecule is COc1cc(C(=O)O[C@H](C)C(=O)N[C@H]2CCCC[C@@H]2C)ccc1C. The van der Waals surface area contributed by atoms with Crippen molar-refractivity contribution in [2.45, 2.75) is 58.6 Å². The third kappa shape index (κ3) is 4.49. The summed E-state index contributed by atoms with van der Waals surface area (Å²) in [6, 6.07) is 5.27. The molecule has 132 valence electrons. The molecular formula is C19H27NO4. The van der Waals surface area contributed by atoms with E-state index in [1.165, 1.54) is 6.42 Å². The fraction of sp³-hybridized carbons (Fsp3) is 0.579. The van der Waals surface area contributed by atoms with Crippen molar-refractivity contribution in [1.29, 1.82) is 0 Å². The van der Waals surface area contributed by atoms with Crippen LogP contribution >= 0.6 is 0 Å². The van der Waals surface area contributed by atoms with Crippen LogP contribution in [0.1, 0.15) is 55.5 Å². The molecule has 1 amide bonds. The molecule has 1 aromatic rings. The Morgan fingerprint density at radius 3 is 2.62 bits per heavy atom. The largest absolute Gasteiger partial charge is 0.496 e. The highest BCUT2D eigenvalue weighted by Crippen LogP contribution is 2.24. The van der Waals surface area contributed by atoms with Gasteiger partial charge in [0.2, 0.25) is 0 Å². The van der Waals surface area contributed by atoms with Crippen molar-refractivity contribution in [3.8, 4) is 5.75 Å². The Labute approximate surface area is 143 Å². The number of esters is 1. The lowest BCUT2D eigenvalue weighted by Gasteiger charge is -2.30. The molecule has 1 aliphatic rings. The maximum atomic E-state index is 12.3. The molecule has 0 aromatic heterocycles. The predicted molar refractivity (Wildman–Crippen MR) is 92.2 cm³/mol. The number of methoxy groups -OCH3 is 1. The van der Waals surface area contributed by atoms with Crippen LogP contribution in [0.15, 0.2) is 18.2 Å². The second-order valence-electron chi connectivity index (χ2n) is 6.61. The van der Waals surface area contributed by atoms with Gasteiger partial charge in [0.15, 0.2) is 6.10 Å². The molecule has 1 aromatic carbocycles. The minimum absolute atomic E-state index is 0.173. The number of carbonyl (C=O) groups is 2. The highest BCUT2D eigenvalue weighted by molar-refractivity contribution is 5.92. The number of rotatable bonds is 5. The van der Waals surface area contributed by atoms with Crippen molar-refractivity contribution in [2.24, 2.45) is 5.92 Å². The number of aryl methyl sites for hydroxylation is 1. The normalized spacial score (nSPS) is 21.7. The van der Waals surface area contributed by atoms with Gasteiger partial charge in [-0.3, -0.25) is 4.79 Å². The van der Waals surface area contributed by atoms with Crippen LogP contribution in [-0.4, -0.2) is 31.1 Å². The standard InChI is InChI=1S/C19H27NO4/c1-12-7-5-6-8-16(12)20-18(21)14(3)24-19(22)15-10-9-13(2)17(11-15)23-4/h9-12,14,16H,5-8H2,1-4H3,(H,20,21)/t12-,14+,16-/m0/s1. The zero-order valence-corrected chi connectivity index (χ0v) is 14.9. The Morgan fingerprint density at radius 2 is 1.96 bits per heavy atom. The van der Waals surface area contributed by atoms with E-state index in [1.807, 2.05) is 6.92 Å². The highest BCUT2D eigenvalue weighted by Gasteiger charge is 2.26. The van der Waals surface area contributed by atoms with E-state index in [2.05, 4.69) is 12.2 Å². The average Bonchev–Trinajstić information content (AvgIpc) is 2.57. The van der Waals surface area contributed by atoms with Gasteiger partial charge in [-0.1, -0.05) is 25.8 Å². The molecule has 3 atom stereocenters. The van der Waals surface area contributed by atoms with E-state index in [-0.39, 0.29) is 11.9 Å². The summed E-state index contributed by atoms with van der Waals surface area (Å²) in [5, 5.41) is 3.02. The molecule has 2 rings (SSSR count). The van der Waals surface area contributed by atoms with Crippen molar-refractivity contribution >= 4 is 11.9 Å². The predicted octanol–water partition coefficient (Wildman–Crippen LogP) is 3.24. The van der Waals surface area contributed by atoms with Crippen LogP contribution in [0.3, 0.4) is 0 Å². The van der Waals surface area contributed by atoms with Gasteiger partial charge in [0.05, 0.1) is 12.7 Å². The molecule has 1 saturated carbocycles. The number of carbonyl (C=O) groups excluding carboxylic acids is 2. The van der Waals surface area contributed by atoms with Gasteiger partial charge in [0.1, 0.15) is 5.75 Å². The van der Waals surface area contributed by atoms with E-state index >= 15 is 0 Å². The first kappa shape index (κ1) is 18.3. The lowest BCUT2D eigenvalue weighted by molar-refractivity contribution is -0.130. The average molecular weight is 333 g/mol. The van der Waals surface area contributed by atoms with Crippen molar-refractivity contribution in [2.75, 3.05) is 7.11 Å². The molecule has 5 nitrogen and oxygen atoms in total. The lowest BCUT2D eigenvalue weighted by Crippen LogP contribution is -2.45. The Hall–Kier alpha value is -2.04. The molecule has 5 heteroatoms. The van der Waals surface area contributed by atoms with Gasteiger partial charge in [-0.25, -0.2) is 4.79 Å². The monoisotopic (exact) mass is 333 g/mol. The molecule has 0 heterocycles. The van der Waals surface area contributed by atoms with Gasteiger partial charge in [-0.05, 0) is 50.3 Å². The van der Waals surface area contributed by atoms with E-state index in [0.717, 1.165) is 24.8 Å². The van der Waals surface area contributed by atoms with Crippen molar-refractivity contribution in [1.82, 2.24) is 5.32 Å². The molecule has 0 saturated heterocycles. The summed E-state index contributed by atoms with van der Waals surface area (Å²) in [5.74, 6) is 0.332. The summed E-state index contributed by atoms with van der Waals surface area (Å²) in [5.41, 5.74) is 1.31. The first-order chi connectivity index (χ1) is 11.4. The molecule has 0 spiro atoms. The summed E-state index contributed by atoms with van der Waals surface area (Å²) in [4.78, 5) is 24.5. The number of nitrogens with one attached hydrogen (secondary N) is 1. The fourth-order valence-corrected chi connectivity index (χ4v) is 3.06. The second kappa shape index (κ2) is 8.18. The van der Waals surface area contributed by atoms with Gasteiger partial charge < -0.3 is 14.8 Å². The zero-order valence-electron chi connectivity index (χ0n) is 14.9. The van der Waals surface area contributed by atoms with Crippen LogP contribution in [0, 0.1) is 12.8 Å². The van der Waals surface area contributed by atoms with Gasteiger partial charge in [-0.2, -0.15) is 0 Å². The molecule has 0 unspecified atom stereocenters. The van der Waals surface area contributed by atoms with E-state index < -0.39 is 12.1 Å². The van der Waals surface area contributed by atoms with Gasteiger partial charge in [0, 0.05) is 6.04 Å².